The van der Waals surface area contributed by atoms with E-state index in [0.717, 1.165) is 10.4 Å². The van der Waals surface area contributed by atoms with Gasteiger partial charge in [0.15, 0.2) is 11.5 Å². The molecule has 1 saturated heterocycles. The van der Waals surface area contributed by atoms with Crippen LogP contribution in [0.2, 0.25) is 0 Å². The van der Waals surface area contributed by atoms with Gasteiger partial charge in [-0.1, -0.05) is 6.07 Å². The van der Waals surface area contributed by atoms with Crippen molar-refractivity contribution in [3.05, 3.63) is 75.5 Å². The van der Waals surface area contributed by atoms with Gasteiger partial charge < -0.3 is 19.3 Å². The van der Waals surface area contributed by atoms with Gasteiger partial charge in [0.1, 0.15) is 17.6 Å². The molecule has 1 unspecified atom stereocenters. The highest BCUT2D eigenvalue weighted by molar-refractivity contribution is 7.10. The molecule has 5 rings (SSSR count). The van der Waals surface area contributed by atoms with Crippen LogP contribution in [0.15, 0.2) is 59.5 Å². The molecule has 2 aromatic carbocycles. The molecule has 2 aliphatic rings. The molecule has 32 heavy (non-hydrogen) atoms. The number of nitrogens with zero attached hydrogens (tertiary/aromatic N) is 1. The number of carbonyl (C=O) groups excluding carboxylic acids is 2. The van der Waals surface area contributed by atoms with Crippen LogP contribution in [0.25, 0.3) is 5.76 Å². The highest BCUT2D eigenvalue weighted by atomic mass is 32.1. The van der Waals surface area contributed by atoms with Crippen molar-refractivity contribution in [1.82, 2.24) is 0 Å². The molecular weight excluding hydrogens is 430 g/mol. The van der Waals surface area contributed by atoms with Gasteiger partial charge in [-0.2, -0.15) is 0 Å². The minimum absolute atomic E-state index is 0.0298. The van der Waals surface area contributed by atoms with E-state index in [0.29, 0.717) is 28.5 Å². The maximum atomic E-state index is 13.2. The third kappa shape index (κ3) is 3.11. The second-order valence-electron chi connectivity index (χ2n) is 7.41. The van der Waals surface area contributed by atoms with Crippen molar-refractivity contribution in [2.75, 3.05) is 18.8 Å². The summed E-state index contributed by atoms with van der Waals surface area (Å²) in [6.45, 7) is 2.01. The minimum atomic E-state index is -0.771. The van der Waals surface area contributed by atoms with E-state index >= 15 is 0 Å². The molecule has 8 heteroatoms. The van der Waals surface area contributed by atoms with Gasteiger partial charge in [-0.15, -0.1) is 11.3 Å². The molecule has 0 saturated carbocycles. The summed E-state index contributed by atoms with van der Waals surface area (Å²) in [6.07, 6.45) is 0. The molecule has 1 amide bonds. The van der Waals surface area contributed by atoms with E-state index in [-0.39, 0.29) is 18.1 Å². The van der Waals surface area contributed by atoms with Gasteiger partial charge >= 0.3 is 0 Å². The number of carbonyl (C=O) groups is 2. The van der Waals surface area contributed by atoms with Gasteiger partial charge in [-0.05, 0) is 54.3 Å². The van der Waals surface area contributed by atoms with E-state index in [4.69, 9.17) is 14.2 Å². The number of ketones is 1. The van der Waals surface area contributed by atoms with Gasteiger partial charge in [0.25, 0.3) is 11.7 Å². The predicted octanol–water partition coefficient (Wildman–Crippen LogP) is 4.42. The van der Waals surface area contributed by atoms with Crippen LogP contribution in [-0.2, 0) is 9.59 Å². The number of rotatable bonds is 4. The van der Waals surface area contributed by atoms with Crippen LogP contribution in [-0.4, -0.2) is 30.7 Å². The van der Waals surface area contributed by atoms with Gasteiger partial charge in [0.2, 0.25) is 6.79 Å². The van der Waals surface area contributed by atoms with E-state index in [1.807, 2.05) is 18.4 Å². The van der Waals surface area contributed by atoms with E-state index in [1.54, 1.807) is 42.5 Å². The Morgan fingerprint density at radius 3 is 2.69 bits per heavy atom. The molecule has 162 valence electrons. The number of Topliss-reactive ketones (excluding diaryl/α,β-unsaturated/α-hetero) is 1. The lowest BCUT2D eigenvalue weighted by Gasteiger charge is -2.25. The number of anilines is 1. The van der Waals surface area contributed by atoms with Crippen molar-refractivity contribution in [2.24, 2.45) is 0 Å². The van der Waals surface area contributed by atoms with Crippen molar-refractivity contribution in [3.63, 3.8) is 0 Å². The fourth-order valence-electron chi connectivity index (χ4n) is 3.97. The number of hydrogen-bond acceptors (Lipinski definition) is 7. The van der Waals surface area contributed by atoms with Crippen molar-refractivity contribution in [3.8, 4) is 17.2 Å². The molecule has 2 aliphatic heterocycles. The van der Waals surface area contributed by atoms with Crippen LogP contribution >= 0.6 is 11.3 Å². The third-order valence-corrected chi connectivity index (χ3v) is 6.64. The summed E-state index contributed by atoms with van der Waals surface area (Å²) in [5.41, 5.74) is 1.83. The molecule has 1 atom stereocenters. The van der Waals surface area contributed by atoms with Crippen LogP contribution in [0.3, 0.4) is 0 Å². The Balaban J connectivity index is 1.70. The average Bonchev–Trinajstić information content (AvgIpc) is 3.51. The van der Waals surface area contributed by atoms with E-state index in [2.05, 4.69) is 0 Å². The summed E-state index contributed by atoms with van der Waals surface area (Å²) in [5, 5.41) is 13.1. The predicted molar refractivity (Wildman–Crippen MR) is 119 cm³/mol. The summed E-state index contributed by atoms with van der Waals surface area (Å²) in [6, 6.07) is 13.0. The van der Waals surface area contributed by atoms with Gasteiger partial charge in [-0.3, -0.25) is 14.5 Å². The fourth-order valence-corrected chi connectivity index (χ4v) is 5.00. The number of amides is 1. The Labute approximate surface area is 188 Å². The normalized spacial score (nSPS) is 18.9. The molecule has 0 aliphatic carbocycles. The molecule has 1 aromatic heterocycles. The number of aryl methyl sites for hydroxylation is 1. The third-order valence-electron chi connectivity index (χ3n) is 5.57. The van der Waals surface area contributed by atoms with Crippen LogP contribution < -0.4 is 19.1 Å². The molecule has 1 fully saturated rings. The Morgan fingerprint density at radius 2 is 1.94 bits per heavy atom. The first-order valence-corrected chi connectivity index (χ1v) is 10.8. The first-order valence-electron chi connectivity index (χ1n) is 9.88. The second kappa shape index (κ2) is 7.72. The van der Waals surface area contributed by atoms with Crippen LogP contribution in [0.1, 0.15) is 22.0 Å². The molecule has 7 nitrogen and oxygen atoms in total. The molecule has 0 spiro atoms. The van der Waals surface area contributed by atoms with Crippen LogP contribution in [0, 0.1) is 6.92 Å². The minimum Gasteiger partial charge on any atom is -0.507 e. The summed E-state index contributed by atoms with van der Waals surface area (Å²) >= 11 is 1.43. The molecule has 1 N–H and O–H groups in total. The summed E-state index contributed by atoms with van der Waals surface area (Å²) in [4.78, 5) is 28.6. The van der Waals surface area contributed by atoms with Gasteiger partial charge in [0, 0.05) is 22.2 Å². The van der Waals surface area contributed by atoms with Crippen LogP contribution in [0.4, 0.5) is 5.69 Å². The maximum Gasteiger partial charge on any atom is 0.300 e. The lowest BCUT2D eigenvalue weighted by molar-refractivity contribution is -0.132. The maximum absolute atomic E-state index is 13.2. The Kier molecular flexibility index (Phi) is 4.86. The first kappa shape index (κ1) is 20.1. The van der Waals surface area contributed by atoms with E-state index in [9.17, 15) is 14.7 Å². The summed E-state index contributed by atoms with van der Waals surface area (Å²) < 4.78 is 16.0. The van der Waals surface area contributed by atoms with Crippen molar-refractivity contribution in [2.45, 2.75) is 13.0 Å². The molecule has 0 radical (unpaired) electrons. The van der Waals surface area contributed by atoms with Gasteiger partial charge in [-0.25, -0.2) is 0 Å². The smallest absolute Gasteiger partial charge is 0.300 e. The number of aliphatic hydroxyl groups excluding tert-OH is 1. The standard InChI is InChI=1S/C24H19NO6S/c1-13-8-9-32-23(13)20-19(21(26)14-6-7-17-18(10-14)31-12-30-17)22(27)24(28)25(20)15-4-3-5-16(11-15)29-2/h3-11,20,26H,12H2,1-2H3/b21-19-. The highest BCUT2D eigenvalue weighted by Crippen LogP contribution is 2.46. The molecule has 3 aromatic rings. The number of thiophene rings is 1. The average molecular weight is 449 g/mol. The zero-order chi connectivity index (χ0) is 22.4. The highest BCUT2D eigenvalue weighted by Gasteiger charge is 2.48. The Morgan fingerprint density at radius 1 is 1.12 bits per heavy atom. The number of hydrogen-bond donors (Lipinski definition) is 1. The quantitative estimate of drug-likeness (QED) is 0.361. The lowest BCUT2D eigenvalue weighted by atomic mass is 9.98. The zero-order valence-corrected chi connectivity index (χ0v) is 18.1. The fraction of sp³-hybridized carbons (Fsp3) is 0.167. The Hall–Kier alpha value is -3.78. The monoisotopic (exact) mass is 449 g/mol. The SMILES string of the molecule is COc1cccc(N2C(=O)C(=O)/C(=C(\O)c3ccc4c(c3)OCO4)C2c2sccc2C)c1. The number of fused-ring (bicyclic) bond motifs is 1. The van der Waals surface area contributed by atoms with E-state index < -0.39 is 17.7 Å². The van der Waals surface area contributed by atoms with E-state index in [1.165, 1.54) is 23.3 Å². The molecular formula is C24H19NO6S. The number of methoxy groups -OCH3 is 1. The number of aliphatic hydroxyl groups is 1. The second-order valence-corrected chi connectivity index (χ2v) is 8.35. The molecule has 3 heterocycles. The zero-order valence-electron chi connectivity index (χ0n) is 17.3. The lowest BCUT2D eigenvalue weighted by Crippen LogP contribution is -2.29. The molecule has 0 bridgehead atoms. The largest absolute Gasteiger partial charge is 0.507 e. The Bertz CT molecular complexity index is 1280. The van der Waals surface area contributed by atoms with Crippen molar-refractivity contribution in [1.29, 1.82) is 0 Å². The van der Waals surface area contributed by atoms with Gasteiger partial charge in [0.05, 0.1) is 12.7 Å². The van der Waals surface area contributed by atoms with Crippen molar-refractivity contribution < 1.29 is 28.9 Å². The first-order chi connectivity index (χ1) is 15.5. The summed E-state index contributed by atoms with van der Waals surface area (Å²) in [5.74, 6) is -0.130. The summed E-state index contributed by atoms with van der Waals surface area (Å²) in [7, 11) is 1.54. The topological polar surface area (TPSA) is 85.3 Å². The number of ether oxygens (including phenoxy) is 3. The van der Waals surface area contributed by atoms with Crippen LogP contribution in [0.5, 0.6) is 17.2 Å². The number of benzene rings is 2. The van der Waals surface area contributed by atoms with Crippen molar-refractivity contribution >= 4 is 34.5 Å².